The lowest BCUT2D eigenvalue weighted by atomic mass is 9.86. The Balaban J connectivity index is 1.68. The quantitative estimate of drug-likeness (QED) is 0.525. The van der Waals surface area contributed by atoms with Crippen LogP contribution >= 0.6 is 11.8 Å². The van der Waals surface area contributed by atoms with E-state index in [9.17, 15) is 9.59 Å². The molecule has 1 aromatic heterocycles. The van der Waals surface area contributed by atoms with Crippen LogP contribution < -0.4 is 10.6 Å². The topological polar surface area (TPSA) is 88.9 Å². The molecule has 8 heteroatoms. The zero-order valence-corrected chi connectivity index (χ0v) is 21.2. The minimum atomic E-state index is -0.281. The van der Waals surface area contributed by atoms with Crippen LogP contribution in [0.25, 0.3) is 0 Å². The van der Waals surface area contributed by atoms with Crippen LogP contribution in [0.5, 0.6) is 0 Å². The van der Waals surface area contributed by atoms with E-state index >= 15 is 0 Å². The lowest BCUT2D eigenvalue weighted by Crippen LogP contribution is -2.41. The number of carbonyl (C=O) groups excluding carboxylic acids is 2. The van der Waals surface area contributed by atoms with E-state index in [1.165, 1.54) is 31.0 Å². The van der Waals surface area contributed by atoms with E-state index in [4.69, 9.17) is 0 Å². The summed E-state index contributed by atoms with van der Waals surface area (Å²) in [6.07, 6.45) is 4.67. The molecule has 0 bridgehead atoms. The average Bonchev–Trinajstić information content (AvgIpc) is 3.19. The van der Waals surface area contributed by atoms with Crippen molar-refractivity contribution in [2.45, 2.75) is 84.1 Å². The molecule has 33 heavy (non-hydrogen) atoms. The van der Waals surface area contributed by atoms with Crippen molar-refractivity contribution in [3.8, 4) is 0 Å². The Morgan fingerprint density at radius 2 is 1.97 bits per heavy atom. The van der Waals surface area contributed by atoms with Crippen molar-refractivity contribution < 1.29 is 9.59 Å². The van der Waals surface area contributed by atoms with Gasteiger partial charge >= 0.3 is 0 Å². The minimum Gasteiger partial charge on any atom is -0.352 e. The first-order chi connectivity index (χ1) is 15.8. The maximum atomic E-state index is 12.9. The Morgan fingerprint density at radius 1 is 1.21 bits per heavy atom. The van der Waals surface area contributed by atoms with Crippen LogP contribution in [-0.4, -0.2) is 38.4 Å². The highest BCUT2D eigenvalue weighted by molar-refractivity contribution is 7.99. The predicted molar refractivity (Wildman–Crippen MR) is 132 cm³/mol. The van der Waals surface area contributed by atoms with Crippen molar-refractivity contribution in [2.24, 2.45) is 11.8 Å². The maximum absolute atomic E-state index is 12.9. The number of aryl methyl sites for hydroxylation is 1. The van der Waals surface area contributed by atoms with Gasteiger partial charge in [-0.25, -0.2) is 0 Å². The Morgan fingerprint density at radius 3 is 2.64 bits per heavy atom. The molecule has 1 aromatic carbocycles. The Kier molecular flexibility index (Phi) is 8.95. The Bertz CT molecular complexity index is 958. The molecule has 0 aliphatic heterocycles. The number of benzene rings is 1. The van der Waals surface area contributed by atoms with Gasteiger partial charge in [0.2, 0.25) is 5.91 Å². The van der Waals surface area contributed by atoms with Crippen LogP contribution in [0.3, 0.4) is 0 Å². The highest BCUT2D eigenvalue weighted by Crippen LogP contribution is 2.27. The van der Waals surface area contributed by atoms with Gasteiger partial charge in [-0.3, -0.25) is 9.59 Å². The smallest absolute Gasteiger partial charge is 0.251 e. The van der Waals surface area contributed by atoms with Crippen molar-refractivity contribution >= 4 is 23.6 Å². The summed E-state index contributed by atoms with van der Waals surface area (Å²) in [7, 11) is 0. The molecule has 7 nitrogen and oxygen atoms in total. The van der Waals surface area contributed by atoms with Crippen LogP contribution in [0.1, 0.15) is 81.2 Å². The predicted octanol–water partition coefficient (Wildman–Crippen LogP) is 4.52. The molecule has 3 rings (SSSR count). The van der Waals surface area contributed by atoms with Crippen molar-refractivity contribution in [1.29, 1.82) is 0 Å². The third-order valence-corrected chi connectivity index (χ3v) is 7.33. The Labute approximate surface area is 201 Å². The van der Waals surface area contributed by atoms with E-state index in [0.29, 0.717) is 28.9 Å². The highest BCUT2D eigenvalue weighted by Gasteiger charge is 2.27. The molecule has 2 N–H and O–H groups in total. The van der Waals surface area contributed by atoms with Crippen LogP contribution in [0, 0.1) is 18.8 Å². The first-order valence-corrected chi connectivity index (χ1v) is 13.0. The number of carbonyl (C=O) groups is 2. The molecule has 0 saturated heterocycles. The second-order valence-corrected chi connectivity index (χ2v) is 10.3. The fourth-order valence-corrected chi connectivity index (χ4v) is 5.20. The van der Waals surface area contributed by atoms with Crippen molar-refractivity contribution in [3.63, 3.8) is 0 Å². The number of nitrogens with one attached hydrogen (secondary N) is 2. The summed E-state index contributed by atoms with van der Waals surface area (Å²) < 4.78 is 2.00. The summed E-state index contributed by atoms with van der Waals surface area (Å²) in [5, 5.41) is 15.8. The molecule has 180 valence electrons. The van der Waals surface area contributed by atoms with Crippen LogP contribution in [0.2, 0.25) is 0 Å². The van der Waals surface area contributed by atoms with Crippen LogP contribution in [0.15, 0.2) is 29.4 Å². The standard InChI is InChI=1S/C25H37N5O2S/c1-6-30-23(22(16(2)3)27-24(32)19-12-9-10-17(4)14-19)28-29-25(30)33-15-21(31)26-20-13-8-7-11-18(20)5/h9-10,12,14,16,18,20,22H,6-8,11,13,15H2,1-5H3,(H,26,31)(H,27,32)/t18-,20-,22+/m1/s1. The fourth-order valence-electron chi connectivity index (χ4n) is 4.38. The zero-order valence-electron chi connectivity index (χ0n) is 20.4. The van der Waals surface area contributed by atoms with Crippen LogP contribution in [0.4, 0.5) is 0 Å². The normalized spacial score (nSPS) is 19.3. The SMILES string of the molecule is CCn1c(SCC(=O)N[C@@H]2CCCC[C@H]2C)nnc1[C@@H](NC(=O)c1cccc(C)c1)C(C)C. The van der Waals surface area contributed by atoms with Crippen molar-refractivity contribution in [2.75, 3.05) is 5.75 Å². The highest BCUT2D eigenvalue weighted by atomic mass is 32.2. The molecule has 0 spiro atoms. The first-order valence-electron chi connectivity index (χ1n) is 12.0. The second-order valence-electron chi connectivity index (χ2n) is 9.37. The van der Waals surface area contributed by atoms with E-state index in [0.717, 1.165) is 17.8 Å². The number of rotatable bonds is 9. The molecule has 0 radical (unpaired) electrons. The van der Waals surface area contributed by atoms with Gasteiger partial charge < -0.3 is 15.2 Å². The largest absolute Gasteiger partial charge is 0.352 e. The molecule has 1 aliphatic rings. The number of aromatic nitrogens is 3. The molecule has 2 amide bonds. The summed E-state index contributed by atoms with van der Waals surface area (Å²) in [5.41, 5.74) is 1.67. The summed E-state index contributed by atoms with van der Waals surface area (Å²) in [6, 6.07) is 7.54. The van der Waals surface area contributed by atoms with E-state index < -0.39 is 0 Å². The number of hydrogen-bond acceptors (Lipinski definition) is 5. The van der Waals surface area contributed by atoms with Gasteiger partial charge in [-0.05, 0) is 50.7 Å². The van der Waals surface area contributed by atoms with Crippen LogP contribution in [-0.2, 0) is 11.3 Å². The molecule has 1 heterocycles. The molecule has 2 aromatic rings. The van der Waals surface area contributed by atoms with Crippen molar-refractivity contribution in [3.05, 3.63) is 41.2 Å². The first kappa shape index (κ1) is 25.3. The van der Waals surface area contributed by atoms with Gasteiger partial charge in [0.05, 0.1) is 11.8 Å². The zero-order chi connectivity index (χ0) is 24.0. The van der Waals surface area contributed by atoms with Gasteiger partial charge in [-0.1, -0.05) is 63.1 Å². The summed E-state index contributed by atoms with van der Waals surface area (Å²) in [5.74, 6) is 1.60. The Hall–Kier alpha value is -2.35. The second kappa shape index (κ2) is 11.7. The number of amides is 2. The lowest BCUT2D eigenvalue weighted by Gasteiger charge is -2.29. The van der Waals surface area contributed by atoms with E-state index in [2.05, 4.69) is 41.6 Å². The molecule has 1 aliphatic carbocycles. The summed E-state index contributed by atoms with van der Waals surface area (Å²) in [4.78, 5) is 25.5. The van der Waals surface area contributed by atoms with E-state index in [1.54, 1.807) is 0 Å². The van der Waals surface area contributed by atoms with Gasteiger partial charge in [0.1, 0.15) is 0 Å². The minimum absolute atomic E-state index is 0.0408. The number of hydrogen-bond donors (Lipinski definition) is 2. The van der Waals surface area contributed by atoms with E-state index in [-0.39, 0.29) is 29.8 Å². The molecule has 1 fully saturated rings. The number of nitrogens with zero attached hydrogens (tertiary/aromatic N) is 3. The monoisotopic (exact) mass is 471 g/mol. The summed E-state index contributed by atoms with van der Waals surface area (Å²) >= 11 is 1.40. The fraction of sp³-hybridized carbons (Fsp3) is 0.600. The summed E-state index contributed by atoms with van der Waals surface area (Å²) in [6.45, 7) is 11.0. The molecule has 3 atom stereocenters. The molecular formula is C25H37N5O2S. The van der Waals surface area contributed by atoms with Gasteiger partial charge in [0.25, 0.3) is 5.91 Å². The van der Waals surface area contributed by atoms with Crippen molar-refractivity contribution in [1.82, 2.24) is 25.4 Å². The van der Waals surface area contributed by atoms with Gasteiger partial charge in [-0.15, -0.1) is 10.2 Å². The average molecular weight is 472 g/mol. The third kappa shape index (κ3) is 6.59. The maximum Gasteiger partial charge on any atom is 0.251 e. The lowest BCUT2D eigenvalue weighted by molar-refractivity contribution is -0.119. The molecule has 1 saturated carbocycles. The number of thioether (sulfide) groups is 1. The van der Waals surface area contributed by atoms with Gasteiger partial charge in [-0.2, -0.15) is 0 Å². The van der Waals surface area contributed by atoms with Gasteiger partial charge in [0, 0.05) is 18.2 Å². The third-order valence-electron chi connectivity index (χ3n) is 6.36. The van der Waals surface area contributed by atoms with Gasteiger partial charge in [0.15, 0.2) is 11.0 Å². The van der Waals surface area contributed by atoms with E-state index in [1.807, 2.05) is 42.7 Å². The molecular weight excluding hydrogens is 434 g/mol. The molecule has 0 unspecified atom stereocenters.